The molecule has 6 nitrogen and oxygen atoms in total. The number of amides is 1. The molecular weight excluding hydrogens is 368 g/mol. The molecule has 2 unspecified atom stereocenters. The Morgan fingerprint density at radius 3 is 2.31 bits per heavy atom. The molecule has 3 N–H and O–H groups in total. The van der Waals surface area contributed by atoms with Gasteiger partial charge >= 0.3 is 12.1 Å². The van der Waals surface area contributed by atoms with Crippen LogP contribution in [0.2, 0.25) is 0 Å². The van der Waals surface area contributed by atoms with Gasteiger partial charge < -0.3 is 20.5 Å². The Bertz CT molecular complexity index is 877. The molecule has 2 aromatic carbocycles. The van der Waals surface area contributed by atoms with Crippen molar-refractivity contribution in [2.24, 2.45) is 5.92 Å². The van der Waals surface area contributed by atoms with Crippen molar-refractivity contribution < 1.29 is 19.4 Å². The standard InChI is InChI=1S/C23H26N2O4/c1-23(12-21(26)27,15-10-11-24-13-15)25-22(28)29-14-20-18-8-4-2-6-16(18)17-7-3-5-9-19(17)20/h2-9,15,20,24H,10-14H2,1H3,(H,25,28)(H,26,27). The minimum Gasteiger partial charge on any atom is -0.481 e. The Morgan fingerprint density at radius 2 is 1.76 bits per heavy atom. The molecule has 0 aromatic heterocycles. The minimum atomic E-state index is -0.932. The van der Waals surface area contributed by atoms with Crippen LogP contribution < -0.4 is 10.6 Å². The van der Waals surface area contributed by atoms with E-state index in [0.29, 0.717) is 6.54 Å². The van der Waals surface area contributed by atoms with E-state index in [1.165, 1.54) is 11.1 Å². The summed E-state index contributed by atoms with van der Waals surface area (Å²) in [6.07, 6.45) is 0.124. The molecule has 1 saturated heterocycles. The second kappa shape index (κ2) is 7.87. The smallest absolute Gasteiger partial charge is 0.407 e. The van der Waals surface area contributed by atoms with Crippen LogP contribution in [0, 0.1) is 5.92 Å². The number of carbonyl (C=O) groups excluding carboxylic acids is 1. The molecule has 0 saturated carbocycles. The highest BCUT2D eigenvalue weighted by Crippen LogP contribution is 2.44. The fraction of sp³-hybridized carbons (Fsp3) is 0.391. The number of alkyl carbamates (subject to hydrolysis) is 1. The van der Waals surface area contributed by atoms with Crippen LogP contribution in [0.15, 0.2) is 48.5 Å². The number of hydrogen-bond acceptors (Lipinski definition) is 4. The number of carboxylic acid groups (broad SMARTS) is 1. The Hall–Kier alpha value is -2.86. The van der Waals surface area contributed by atoms with E-state index >= 15 is 0 Å². The Kier molecular flexibility index (Phi) is 5.28. The molecule has 152 valence electrons. The number of ether oxygens (including phenoxy) is 1. The van der Waals surface area contributed by atoms with Crippen molar-refractivity contribution in [2.45, 2.75) is 31.2 Å². The van der Waals surface area contributed by atoms with E-state index in [1.54, 1.807) is 6.92 Å². The number of aliphatic carboxylic acids is 1. The molecule has 0 radical (unpaired) electrons. The highest BCUT2D eigenvalue weighted by Gasteiger charge is 2.40. The molecular formula is C23H26N2O4. The van der Waals surface area contributed by atoms with Crippen molar-refractivity contribution >= 4 is 12.1 Å². The molecule has 29 heavy (non-hydrogen) atoms. The maximum atomic E-state index is 12.6. The lowest BCUT2D eigenvalue weighted by Gasteiger charge is -2.34. The summed E-state index contributed by atoms with van der Waals surface area (Å²) in [5.74, 6) is -0.899. The third kappa shape index (κ3) is 3.85. The van der Waals surface area contributed by atoms with Gasteiger partial charge in [-0.25, -0.2) is 4.79 Å². The number of fused-ring (bicyclic) bond motifs is 3. The summed E-state index contributed by atoms with van der Waals surface area (Å²) < 4.78 is 5.61. The van der Waals surface area contributed by atoms with E-state index in [-0.39, 0.29) is 24.9 Å². The molecule has 0 spiro atoms. The van der Waals surface area contributed by atoms with Crippen molar-refractivity contribution in [3.8, 4) is 11.1 Å². The SMILES string of the molecule is CC(CC(=O)O)(NC(=O)OCC1c2ccccc2-c2ccccc21)C1CCNC1. The van der Waals surface area contributed by atoms with Crippen molar-refractivity contribution in [1.29, 1.82) is 0 Å². The van der Waals surface area contributed by atoms with Gasteiger partial charge in [-0.1, -0.05) is 48.5 Å². The van der Waals surface area contributed by atoms with E-state index < -0.39 is 17.6 Å². The lowest BCUT2D eigenvalue weighted by molar-refractivity contribution is -0.139. The molecule has 4 rings (SSSR count). The average Bonchev–Trinajstić information content (AvgIpc) is 3.33. The van der Waals surface area contributed by atoms with Crippen LogP contribution in [0.25, 0.3) is 11.1 Å². The average molecular weight is 394 g/mol. The highest BCUT2D eigenvalue weighted by atomic mass is 16.5. The quantitative estimate of drug-likeness (QED) is 0.699. The molecule has 0 bridgehead atoms. The van der Waals surface area contributed by atoms with Crippen LogP contribution in [-0.2, 0) is 9.53 Å². The Labute approximate surface area is 170 Å². The van der Waals surface area contributed by atoms with Gasteiger partial charge in [-0.15, -0.1) is 0 Å². The summed E-state index contributed by atoms with van der Waals surface area (Å²) >= 11 is 0. The van der Waals surface area contributed by atoms with E-state index in [1.807, 2.05) is 24.3 Å². The molecule has 1 amide bonds. The van der Waals surface area contributed by atoms with Gasteiger partial charge in [-0.05, 0) is 48.1 Å². The number of hydrogen-bond donors (Lipinski definition) is 3. The number of nitrogens with one attached hydrogen (secondary N) is 2. The summed E-state index contributed by atoms with van der Waals surface area (Å²) in [7, 11) is 0. The van der Waals surface area contributed by atoms with Gasteiger partial charge in [-0.2, -0.15) is 0 Å². The Morgan fingerprint density at radius 1 is 1.14 bits per heavy atom. The molecule has 1 fully saturated rings. The third-order valence-electron chi connectivity index (χ3n) is 6.21. The zero-order valence-corrected chi connectivity index (χ0v) is 16.5. The van der Waals surface area contributed by atoms with Crippen LogP contribution in [0.4, 0.5) is 4.79 Å². The zero-order chi connectivity index (χ0) is 20.4. The minimum absolute atomic E-state index is 0.0213. The van der Waals surface area contributed by atoms with Crippen LogP contribution >= 0.6 is 0 Å². The maximum Gasteiger partial charge on any atom is 0.407 e. The van der Waals surface area contributed by atoms with E-state index in [9.17, 15) is 14.7 Å². The monoisotopic (exact) mass is 394 g/mol. The van der Waals surface area contributed by atoms with Crippen LogP contribution in [0.5, 0.6) is 0 Å². The normalized spacial score (nSPS) is 19.8. The van der Waals surface area contributed by atoms with Gasteiger partial charge in [0, 0.05) is 12.5 Å². The fourth-order valence-corrected chi connectivity index (χ4v) is 4.67. The van der Waals surface area contributed by atoms with Gasteiger partial charge in [0.15, 0.2) is 0 Å². The van der Waals surface area contributed by atoms with Gasteiger partial charge in [0.1, 0.15) is 6.61 Å². The highest BCUT2D eigenvalue weighted by molar-refractivity contribution is 5.79. The first kappa shape index (κ1) is 19.5. The third-order valence-corrected chi connectivity index (χ3v) is 6.21. The number of carbonyl (C=O) groups is 2. The lowest BCUT2D eigenvalue weighted by atomic mass is 9.82. The van der Waals surface area contributed by atoms with Gasteiger partial charge in [-0.3, -0.25) is 4.79 Å². The van der Waals surface area contributed by atoms with Crippen LogP contribution in [0.1, 0.15) is 36.8 Å². The first-order valence-electron chi connectivity index (χ1n) is 10.0. The zero-order valence-electron chi connectivity index (χ0n) is 16.5. The number of rotatable bonds is 6. The molecule has 2 aromatic rings. The largest absolute Gasteiger partial charge is 0.481 e. The fourth-order valence-electron chi connectivity index (χ4n) is 4.67. The predicted octanol–water partition coefficient (Wildman–Crippen LogP) is 3.37. The Balaban J connectivity index is 1.47. The maximum absolute atomic E-state index is 12.6. The first-order valence-corrected chi connectivity index (χ1v) is 10.0. The second-order valence-electron chi connectivity index (χ2n) is 8.13. The van der Waals surface area contributed by atoms with Gasteiger partial charge in [0.05, 0.1) is 12.0 Å². The molecule has 1 aliphatic carbocycles. The summed E-state index contributed by atoms with van der Waals surface area (Å²) in [4.78, 5) is 24.0. The van der Waals surface area contributed by atoms with E-state index in [4.69, 9.17) is 4.74 Å². The molecule has 2 aliphatic rings. The van der Waals surface area contributed by atoms with E-state index in [0.717, 1.165) is 24.1 Å². The lowest BCUT2D eigenvalue weighted by Crippen LogP contribution is -2.53. The van der Waals surface area contributed by atoms with Crippen molar-refractivity contribution in [3.05, 3.63) is 59.7 Å². The molecule has 6 heteroatoms. The second-order valence-corrected chi connectivity index (χ2v) is 8.13. The van der Waals surface area contributed by atoms with Crippen LogP contribution in [0.3, 0.4) is 0 Å². The van der Waals surface area contributed by atoms with Crippen molar-refractivity contribution in [3.63, 3.8) is 0 Å². The molecule has 2 atom stereocenters. The summed E-state index contributed by atoms with van der Waals surface area (Å²) in [5, 5.41) is 15.4. The first-order chi connectivity index (χ1) is 14.0. The predicted molar refractivity (Wildman–Crippen MR) is 110 cm³/mol. The van der Waals surface area contributed by atoms with Gasteiger partial charge in [0.25, 0.3) is 0 Å². The van der Waals surface area contributed by atoms with Crippen molar-refractivity contribution in [1.82, 2.24) is 10.6 Å². The molecule has 1 aliphatic heterocycles. The van der Waals surface area contributed by atoms with Crippen molar-refractivity contribution in [2.75, 3.05) is 19.7 Å². The number of carboxylic acids is 1. The van der Waals surface area contributed by atoms with E-state index in [2.05, 4.69) is 34.9 Å². The molecule has 1 heterocycles. The number of benzene rings is 2. The summed E-state index contributed by atoms with van der Waals surface area (Å²) in [5.41, 5.74) is 3.79. The summed E-state index contributed by atoms with van der Waals surface area (Å²) in [6.45, 7) is 3.52. The summed E-state index contributed by atoms with van der Waals surface area (Å²) in [6, 6.07) is 16.3. The van der Waals surface area contributed by atoms with Crippen LogP contribution in [-0.4, -0.2) is 42.4 Å². The topological polar surface area (TPSA) is 87.7 Å². The van der Waals surface area contributed by atoms with Gasteiger partial charge in [0.2, 0.25) is 0 Å².